The lowest BCUT2D eigenvalue weighted by Crippen LogP contribution is -2.74. The van der Waals surface area contributed by atoms with Crippen LogP contribution in [-0.2, 0) is 0 Å². The van der Waals surface area contributed by atoms with E-state index in [1.54, 1.807) is 0 Å². The van der Waals surface area contributed by atoms with Gasteiger partial charge in [-0.25, -0.2) is 0 Å². The van der Waals surface area contributed by atoms with Crippen molar-refractivity contribution in [3.63, 3.8) is 0 Å². The van der Waals surface area contributed by atoms with Gasteiger partial charge in [0, 0.05) is 16.3 Å². The summed E-state index contributed by atoms with van der Waals surface area (Å²) in [5, 5.41) is 15.5. The van der Waals surface area contributed by atoms with Crippen molar-refractivity contribution in [1.29, 1.82) is 0 Å². The topological polar surface area (TPSA) is 13.1 Å². The highest BCUT2D eigenvalue weighted by Crippen LogP contribution is 2.37. The highest BCUT2D eigenvalue weighted by atomic mass is 28.3. The van der Waals surface area contributed by atoms with Crippen molar-refractivity contribution in [2.45, 2.75) is 0 Å². The van der Waals surface area contributed by atoms with E-state index in [-0.39, 0.29) is 0 Å². The van der Waals surface area contributed by atoms with Gasteiger partial charge in [0.1, 0.15) is 11.2 Å². The van der Waals surface area contributed by atoms with Crippen molar-refractivity contribution in [1.82, 2.24) is 0 Å². The Balaban J connectivity index is 1.30. The van der Waals surface area contributed by atoms with Crippen LogP contribution in [0.15, 0.2) is 199 Å². The molecule has 0 spiro atoms. The predicted molar refractivity (Wildman–Crippen MR) is 215 cm³/mol. The number of hydrogen-bond acceptors (Lipinski definition) is 1. The zero-order valence-corrected chi connectivity index (χ0v) is 28.4. The van der Waals surface area contributed by atoms with Crippen LogP contribution in [0.5, 0.6) is 0 Å². The number of para-hydroxylation sites is 2. The van der Waals surface area contributed by atoms with Crippen molar-refractivity contribution in [3.05, 3.63) is 194 Å². The van der Waals surface area contributed by atoms with E-state index in [0.717, 1.165) is 33.1 Å². The molecule has 0 radical (unpaired) electrons. The van der Waals surface area contributed by atoms with E-state index in [1.807, 2.05) is 6.07 Å². The fourth-order valence-corrected chi connectivity index (χ4v) is 13.2. The average Bonchev–Trinajstić information content (AvgIpc) is 3.58. The number of benzene rings is 9. The van der Waals surface area contributed by atoms with Crippen molar-refractivity contribution >= 4 is 83.1 Å². The second kappa shape index (κ2) is 11.4. The molecule has 0 aliphatic rings. The molecule has 0 fully saturated rings. The summed E-state index contributed by atoms with van der Waals surface area (Å²) in [6.45, 7) is 0. The van der Waals surface area contributed by atoms with Crippen molar-refractivity contribution < 1.29 is 4.42 Å². The van der Waals surface area contributed by atoms with Gasteiger partial charge in [0.15, 0.2) is 8.07 Å². The summed E-state index contributed by atoms with van der Waals surface area (Å²) in [6.07, 6.45) is 0. The summed E-state index contributed by atoms with van der Waals surface area (Å²) in [5.74, 6) is 0. The quantitative estimate of drug-likeness (QED) is 0.102. The molecule has 0 aliphatic heterocycles. The van der Waals surface area contributed by atoms with E-state index in [4.69, 9.17) is 4.42 Å². The minimum atomic E-state index is -2.87. The number of rotatable bonds is 5. The second-order valence-electron chi connectivity index (χ2n) is 13.2. The largest absolute Gasteiger partial charge is 0.455 e. The summed E-state index contributed by atoms with van der Waals surface area (Å²) in [6, 6.07) is 71.6. The summed E-state index contributed by atoms with van der Waals surface area (Å²) < 4.78 is 6.55. The Morgan fingerprint density at radius 1 is 0.300 bits per heavy atom. The first-order valence-corrected chi connectivity index (χ1v) is 19.3. The van der Waals surface area contributed by atoms with Crippen LogP contribution in [0.2, 0.25) is 0 Å². The molecule has 1 aromatic heterocycles. The summed E-state index contributed by atoms with van der Waals surface area (Å²) in [7, 11) is -2.87. The Morgan fingerprint density at radius 3 is 1.44 bits per heavy atom. The molecule has 0 amide bonds. The minimum absolute atomic E-state index is 0.916. The Labute approximate surface area is 291 Å². The summed E-state index contributed by atoms with van der Waals surface area (Å²) >= 11 is 0. The third-order valence-electron chi connectivity index (χ3n) is 10.6. The zero-order chi connectivity index (χ0) is 33.1. The Kier molecular flexibility index (Phi) is 6.58. The first kappa shape index (κ1) is 28.8. The highest BCUT2D eigenvalue weighted by Gasteiger charge is 2.41. The molecule has 0 unspecified atom stereocenters. The molecule has 0 saturated carbocycles. The maximum Gasteiger partial charge on any atom is 0.179 e. The zero-order valence-electron chi connectivity index (χ0n) is 27.4. The van der Waals surface area contributed by atoms with Crippen LogP contribution < -0.4 is 20.7 Å². The Hall–Kier alpha value is -6.22. The average molecular weight is 653 g/mol. The second-order valence-corrected chi connectivity index (χ2v) is 17.0. The summed E-state index contributed by atoms with van der Waals surface area (Å²) in [4.78, 5) is 0. The number of hydrogen-bond donors (Lipinski definition) is 0. The smallest absolute Gasteiger partial charge is 0.179 e. The van der Waals surface area contributed by atoms with Gasteiger partial charge < -0.3 is 4.42 Å². The molecule has 0 bridgehead atoms. The molecule has 2 heteroatoms. The van der Waals surface area contributed by atoms with Crippen LogP contribution in [0, 0.1) is 0 Å². The number of furan rings is 1. The predicted octanol–water partition coefficient (Wildman–Crippen LogP) is 10.1. The van der Waals surface area contributed by atoms with Crippen molar-refractivity contribution in [2.75, 3.05) is 0 Å². The van der Waals surface area contributed by atoms with Gasteiger partial charge in [0.25, 0.3) is 0 Å². The van der Waals surface area contributed by atoms with Crippen LogP contribution in [0.1, 0.15) is 0 Å². The Bertz CT molecular complexity index is 2790. The molecule has 50 heavy (non-hydrogen) atoms. The van der Waals surface area contributed by atoms with Gasteiger partial charge in [-0.1, -0.05) is 188 Å². The van der Waals surface area contributed by atoms with Gasteiger partial charge in [-0.15, -0.1) is 0 Å². The first-order chi connectivity index (χ1) is 24.8. The molecule has 0 N–H and O–H groups in total. The molecular formula is C48H32OSi. The monoisotopic (exact) mass is 652 g/mol. The van der Waals surface area contributed by atoms with E-state index < -0.39 is 8.07 Å². The van der Waals surface area contributed by atoms with E-state index in [9.17, 15) is 0 Å². The van der Waals surface area contributed by atoms with Gasteiger partial charge in [-0.05, 0) is 64.7 Å². The lowest BCUT2D eigenvalue weighted by molar-refractivity contribution is 0.670. The van der Waals surface area contributed by atoms with E-state index in [0.29, 0.717) is 0 Å². The SMILES string of the molecule is c1ccc([Si](c2ccccc2)(c2cccc(-c3cccc4c3oc3ccccc34)c2)c2ccc3c4ccccc4c4ccccc4c3c2)cc1. The highest BCUT2D eigenvalue weighted by molar-refractivity contribution is 7.20. The molecule has 9 aromatic carbocycles. The van der Waals surface area contributed by atoms with E-state index in [2.05, 4.69) is 188 Å². The third kappa shape index (κ3) is 4.25. The summed E-state index contributed by atoms with van der Waals surface area (Å²) in [5.41, 5.74) is 4.12. The fraction of sp³-hybridized carbons (Fsp3) is 0. The first-order valence-electron chi connectivity index (χ1n) is 17.3. The van der Waals surface area contributed by atoms with Crippen LogP contribution in [0.25, 0.3) is 65.4 Å². The van der Waals surface area contributed by atoms with E-state index in [1.165, 1.54) is 53.1 Å². The fourth-order valence-electron chi connectivity index (χ4n) is 8.41. The van der Waals surface area contributed by atoms with Crippen LogP contribution in [0.4, 0.5) is 0 Å². The maximum absolute atomic E-state index is 6.55. The van der Waals surface area contributed by atoms with Crippen LogP contribution in [-0.4, -0.2) is 8.07 Å². The molecule has 1 heterocycles. The van der Waals surface area contributed by atoms with Gasteiger partial charge in [0.2, 0.25) is 0 Å². The molecule has 0 aliphatic carbocycles. The van der Waals surface area contributed by atoms with Gasteiger partial charge in [0.05, 0.1) is 0 Å². The molecule has 234 valence electrons. The number of fused-ring (bicyclic) bond motifs is 9. The van der Waals surface area contributed by atoms with Crippen LogP contribution >= 0.6 is 0 Å². The normalized spacial score (nSPS) is 12.0. The third-order valence-corrected chi connectivity index (χ3v) is 15.4. The van der Waals surface area contributed by atoms with E-state index >= 15 is 0 Å². The van der Waals surface area contributed by atoms with Gasteiger partial charge >= 0.3 is 0 Å². The molecule has 10 rings (SSSR count). The van der Waals surface area contributed by atoms with Crippen molar-refractivity contribution in [2.24, 2.45) is 0 Å². The standard InChI is InChI=1S/C48H32OSi/c1-3-16-34(17-4-1)50(35-18-5-2-6-19-35,37-29-30-43-41-23-8-7-21-39(41)40-22-9-10-24-42(40)46(43)32-37)36-20-13-15-33(31-36)38-26-14-27-45-44-25-11-12-28-47(44)49-48(38)45/h1-32H. The minimum Gasteiger partial charge on any atom is -0.455 e. The maximum atomic E-state index is 6.55. The van der Waals surface area contributed by atoms with Crippen molar-refractivity contribution in [3.8, 4) is 11.1 Å². The lowest BCUT2D eigenvalue weighted by atomic mass is 9.94. The van der Waals surface area contributed by atoms with Gasteiger partial charge in [-0.3, -0.25) is 0 Å². The Morgan fingerprint density at radius 2 is 0.780 bits per heavy atom. The van der Waals surface area contributed by atoms with Gasteiger partial charge in [-0.2, -0.15) is 0 Å². The molecule has 1 nitrogen and oxygen atoms in total. The lowest BCUT2D eigenvalue weighted by Gasteiger charge is -2.35. The molecule has 0 atom stereocenters. The molecular weight excluding hydrogens is 621 g/mol. The molecule has 10 aromatic rings. The van der Waals surface area contributed by atoms with Crippen LogP contribution in [0.3, 0.4) is 0 Å². The molecule has 0 saturated heterocycles.